The lowest BCUT2D eigenvalue weighted by Crippen LogP contribution is -2.33. The Bertz CT molecular complexity index is 551. The Labute approximate surface area is 142 Å². The average molecular weight is 335 g/mol. The fraction of sp³-hybridized carbons (Fsp3) is 0.529. The fourth-order valence-electron chi connectivity index (χ4n) is 2.30. The number of benzene rings is 1. The third-order valence-corrected chi connectivity index (χ3v) is 3.54. The number of carbonyl (C=O) groups is 2. The standard InChI is InChI=1S/C17H25N3O4/c1-3-11-19(12-4-2)17(22)10-9-16(21)18-13-14-5-7-15(8-6-14)20(23)24/h5-8H,3-4,9-13H2,1-2H3,(H,18,21). The highest BCUT2D eigenvalue weighted by molar-refractivity contribution is 5.83. The number of hydrogen-bond donors (Lipinski definition) is 1. The van der Waals surface area contributed by atoms with E-state index < -0.39 is 4.92 Å². The maximum absolute atomic E-state index is 12.1. The van der Waals surface area contributed by atoms with Crippen LogP contribution >= 0.6 is 0 Å². The van der Waals surface area contributed by atoms with Gasteiger partial charge in [0.25, 0.3) is 5.69 Å². The van der Waals surface area contributed by atoms with Crippen molar-refractivity contribution in [1.82, 2.24) is 10.2 Å². The van der Waals surface area contributed by atoms with Gasteiger partial charge in [0.1, 0.15) is 0 Å². The van der Waals surface area contributed by atoms with Crippen LogP contribution in [0.15, 0.2) is 24.3 Å². The Morgan fingerprint density at radius 2 is 1.67 bits per heavy atom. The SMILES string of the molecule is CCCN(CCC)C(=O)CCC(=O)NCc1ccc([N+](=O)[O-])cc1. The number of carbonyl (C=O) groups excluding carboxylic acids is 2. The van der Waals surface area contributed by atoms with Crippen LogP contribution in [0.4, 0.5) is 5.69 Å². The monoisotopic (exact) mass is 335 g/mol. The zero-order valence-corrected chi connectivity index (χ0v) is 14.3. The number of nitro groups is 1. The molecule has 1 aromatic rings. The Hall–Kier alpha value is -2.44. The second-order valence-electron chi connectivity index (χ2n) is 5.58. The molecular weight excluding hydrogens is 310 g/mol. The minimum absolute atomic E-state index is 0.00388. The molecule has 0 aliphatic carbocycles. The second-order valence-corrected chi connectivity index (χ2v) is 5.58. The van der Waals surface area contributed by atoms with Crippen LogP contribution < -0.4 is 5.32 Å². The Kier molecular flexibility index (Phi) is 8.46. The Morgan fingerprint density at radius 1 is 1.08 bits per heavy atom. The molecule has 7 nitrogen and oxygen atoms in total. The molecule has 2 amide bonds. The van der Waals surface area contributed by atoms with Crippen molar-refractivity contribution in [2.24, 2.45) is 0 Å². The van der Waals surface area contributed by atoms with Crippen LogP contribution in [0, 0.1) is 10.1 Å². The summed E-state index contributed by atoms with van der Waals surface area (Å²) in [7, 11) is 0. The fourth-order valence-corrected chi connectivity index (χ4v) is 2.30. The maximum atomic E-state index is 12.1. The van der Waals surface area contributed by atoms with E-state index in [0.717, 1.165) is 31.5 Å². The van der Waals surface area contributed by atoms with Crippen molar-refractivity contribution < 1.29 is 14.5 Å². The second kappa shape index (κ2) is 10.4. The molecule has 0 fully saturated rings. The Balaban J connectivity index is 2.37. The molecule has 0 spiro atoms. The van der Waals surface area contributed by atoms with E-state index in [1.807, 2.05) is 13.8 Å². The molecule has 1 rings (SSSR count). The molecule has 0 radical (unpaired) electrons. The number of nitrogens with one attached hydrogen (secondary N) is 1. The van der Waals surface area contributed by atoms with Crippen LogP contribution in [0.2, 0.25) is 0 Å². The molecule has 0 unspecified atom stereocenters. The maximum Gasteiger partial charge on any atom is 0.269 e. The van der Waals surface area contributed by atoms with Gasteiger partial charge in [-0.25, -0.2) is 0 Å². The van der Waals surface area contributed by atoms with Crippen LogP contribution in [-0.2, 0) is 16.1 Å². The van der Waals surface area contributed by atoms with Gasteiger partial charge >= 0.3 is 0 Å². The van der Waals surface area contributed by atoms with E-state index in [2.05, 4.69) is 5.32 Å². The lowest BCUT2D eigenvalue weighted by molar-refractivity contribution is -0.384. The molecule has 1 N–H and O–H groups in total. The van der Waals surface area contributed by atoms with Crippen LogP contribution in [0.3, 0.4) is 0 Å². The number of hydrogen-bond acceptors (Lipinski definition) is 4. The molecule has 0 aliphatic heterocycles. The summed E-state index contributed by atoms with van der Waals surface area (Å²) in [5.41, 5.74) is 0.793. The van der Waals surface area contributed by atoms with Crippen molar-refractivity contribution in [3.05, 3.63) is 39.9 Å². The third-order valence-electron chi connectivity index (χ3n) is 3.54. The van der Waals surface area contributed by atoms with Crippen molar-refractivity contribution in [3.63, 3.8) is 0 Å². The van der Waals surface area contributed by atoms with Crippen LogP contribution in [0.25, 0.3) is 0 Å². The molecule has 0 aliphatic rings. The van der Waals surface area contributed by atoms with Crippen molar-refractivity contribution in [2.75, 3.05) is 13.1 Å². The van der Waals surface area contributed by atoms with Gasteiger partial charge in [-0.3, -0.25) is 19.7 Å². The van der Waals surface area contributed by atoms with E-state index >= 15 is 0 Å². The first-order valence-corrected chi connectivity index (χ1v) is 8.25. The molecule has 0 atom stereocenters. The van der Waals surface area contributed by atoms with Crippen LogP contribution in [-0.4, -0.2) is 34.7 Å². The van der Waals surface area contributed by atoms with E-state index in [1.165, 1.54) is 12.1 Å². The number of rotatable bonds is 10. The van der Waals surface area contributed by atoms with Gasteiger partial charge in [0.05, 0.1) is 4.92 Å². The minimum Gasteiger partial charge on any atom is -0.352 e. The summed E-state index contributed by atoms with van der Waals surface area (Å²) in [5.74, 6) is -0.196. The van der Waals surface area contributed by atoms with Gasteiger partial charge in [-0.1, -0.05) is 26.0 Å². The summed E-state index contributed by atoms with van der Waals surface area (Å²) in [4.78, 5) is 35.8. The first kappa shape index (κ1) is 19.6. The van der Waals surface area contributed by atoms with E-state index in [4.69, 9.17) is 0 Å². The number of nitrogens with zero attached hydrogens (tertiary/aromatic N) is 2. The van der Waals surface area contributed by atoms with Crippen LogP contribution in [0.1, 0.15) is 45.1 Å². The molecule has 1 aromatic carbocycles. The number of amides is 2. The molecule has 7 heteroatoms. The van der Waals surface area contributed by atoms with Gasteiger partial charge in [-0.05, 0) is 18.4 Å². The molecule has 0 saturated heterocycles. The lowest BCUT2D eigenvalue weighted by atomic mass is 10.2. The van der Waals surface area contributed by atoms with Gasteiger partial charge in [0.15, 0.2) is 0 Å². The summed E-state index contributed by atoms with van der Waals surface area (Å²) in [6, 6.07) is 6.01. The smallest absolute Gasteiger partial charge is 0.269 e. The van der Waals surface area contributed by atoms with Gasteiger partial charge in [0.2, 0.25) is 11.8 Å². The predicted molar refractivity (Wildman–Crippen MR) is 91.3 cm³/mol. The highest BCUT2D eigenvalue weighted by Crippen LogP contribution is 2.11. The molecule has 0 aromatic heterocycles. The number of nitro benzene ring substituents is 1. The Morgan fingerprint density at radius 3 is 2.17 bits per heavy atom. The topological polar surface area (TPSA) is 92.6 Å². The third kappa shape index (κ3) is 6.76. The summed E-state index contributed by atoms with van der Waals surface area (Å²) in [5, 5.41) is 13.3. The van der Waals surface area contributed by atoms with Gasteiger partial charge in [-0.15, -0.1) is 0 Å². The van der Waals surface area contributed by atoms with Gasteiger partial charge < -0.3 is 10.2 Å². The lowest BCUT2D eigenvalue weighted by Gasteiger charge is -2.21. The van der Waals surface area contributed by atoms with E-state index in [-0.39, 0.29) is 30.3 Å². The summed E-state index contributed by atoms with van der Waals surface area (Å²) < 4.78 is 0. The molecular formula is C17H25N3O4. The zero-order valence-electron chi connectivity index (χ0n) is 14.3. The first-order chi connectivity index (χ1) is 11.5. The van der Waals surface area contributed by atoms with E-state index in [0.29, 0.717) is 6.54 Å². The van der Waals surface area contributed by atoms with Crippen molar-refractivity contribution in [1.29, 1.82) is 0 Å². The van der Waals surface area contributed by atoms with Crippen molar-refractivity contribution >= 4 is 17.5 Å². The normalized spacial score (nSPS) is 10.2. The molecule has 24 heavy (non-hydrogen) atoms. The van der Waals surface area contributed by atoms with E-state index in [9.17, 15) is 19.7 Å². The van der Waals surface area contributed by atoms with Crippen LogP contribution in [0.5, 0.6) is 0 Å². The number of non-ortho nitro benzene ring substituents is 1. The van der Waals surface area contributed by atoms with Crippen molar-refractivity contribution in [2.45, 2.75) is 46.1 Å². The minimum atomic E-state index is -0.466. The summed E-state index contributed by atoms with van der Waals surface area (Å²) in [6.45, 7) is 5.77. The van der Waals surface area contributed by atoms with Gasteiger partial charge in [-0.2, -0.15) is 0 Å². The predicted octanol–water partition coefficient (Wildman–Crippen LogP) is 2.64. The van der Waals surface area contributed by atoms with E-state index in [1.54, 1.807) is 17.0 Å². The molecule has 0 bridgehead atoms. The molecule has 0 heterocycles. The quantitative estimate of drug-likeness (QED) is 0.525. The average Bonchev–Trinajstić information content (AvgIpc) is 2.58. The summed E-state index contributed by atoms with van der Waals surface area (Å²) in [6.07, 6.45) is 2.15. The molecule has 132 valence electrons. The first-order valence-electron chi connectivity index (χ1n) is 8.25. The largest absolute Gasteiger partial charge is 0.352 e. The highest BCUT2D eigenvalue weighted by atomic mass is 16.6. The van der Waals surface area contributed by atoms with Gasteiger partial charge in [0, 0.05) is 44.6 Å². The van der Waals surface area contributed by atoms with Crippen molar-refractivity contribution in [3.8, 4) is 0 Å². The zero-order chi connectivity index (χ0) is 17.9. The molecule has 0 saturated carbocycles. The summed E-state index contributed by atoms with van der Waals surface area (Å²) >= 11 is 0. The highest BCUT2D eigenvalue weighted by Gasteiger charge is 2.13.